The van der Waals surface area contributed by atoms with E-state index in [-0.39, 0.29) is 24.1 Å². The number of alkyl halides is 3. The lowest BCUT2D eigenvalue weighted by molar-refractivity contribution is -0.138. The van der Waals surface area contributed by atoms with Crippen LogP contribution in [0.4, 0.5) is 22.4 Å². The molecule has 0 unspecified atom stereocenters. The topological polar surface area (TPSA) is 96.4 Å². The van der Waals surface area contributed by atoms with Crippen molar-refractivity contribution in [1.29, 1.82) is 0 Å². The van der Waals surface area contributed by atoms with Crippen molar-refractivity contribution in [3.05, 3.63) is 70.5 Å². The number of nitrogens with one attached hydrogen (secondary N) is 2. The number of benzene rings is 2. The van der Waals surface area contributed by atoms with Crippen molar-refractivity contribution >= 4 is 17.4 Å². The molecule has 1 amide bonds. The van der Waals surface area contributed by atoms with Gasteiger partial charge in [0.15, 0.2) is 0 Å². The molecule has 7 nitrogen and oxygen atoms in total. The minimum Gasteiger partial charge on any atom is -0.442 e. The first kappa shape index (κ1) is 24.0. The third-order valence-corrected chi connectivity index (χ3v) is 6.28. The van der Waals surface area contributed by atoms with Crippen molar-refractivity contribution in [2.75, 3.05) is 6.54 Å². The first-order valence-electron chi connectivity index (χ1n) is 10.3. The second-order valence-corrected chi connectivity index (χ2v) is 8.72. The number of aliphatic hydroxyl groups is 1. The van der Waals surface area contributed by atoms with E-state index in [0.717, 1.165) is 5.56 Å². The second kappa shape index (κ2) is 10.0. The summed E-state index contributed by atoms with van der Waals surface area (Å²) in [7, 11) is 0. The van der Waals surface area contributed by atoms with Gasteiger partial charge in [0.2, 0.25) is 5.01 Å². The number of amides is 1. The van der Waals surface area contributed by atoms with Crippen molar-refractivity contribution in [3.8, 4) is 10.6 Å². The third-order valence-electron chi connectivity index (χ3n) is 5.26. The van der Waals surface area contributed by atoms with E-state index in [1.54, 1.807) is 30.3 Å². The van der Waals surface area contributed by atoms with Crippen molar-refractivity contribution in [2.24, 2.45) is 0 Å². The van der Waals surface area contributed by atoms with Gasteiger partial charge >= 0.3 is 12.3 Å². The highest BCUT2D eigenvalue weighted by atomic mass is 32.1. The van der Waals surface area contributed by atoms with Crippen LogP contribution < -0.4 is 10.6 Å². The summed E-state index contributed by atoms with van der Waals surface area (Å²) < 4.78 is 56.9. The molecule has 2 heterocycles. The predicted octanol–water partition coefficient (Wildman–Crippen LogP) is 3.53. The highest BCUT2D eigenvalue weighted by molar-refractivity contribution is 7.14. The molecule has 0 bridgehead atoms. The monoisotopic (exact) mass is 496 g/mol. The molecule has 0 spiro atoms. The maximum atomic E-state index is 13.3. The van der Waals surface area contributed by atoms with E-state index in [0.29, 0.717) is 28.9 Å². The Morgan fingerprint density at radius 1 is 1.18 bits per heavy atom. The number of hydrogen-bond donors (Lipinski definition) is 3. The molecule has 1 saturated heterocycles. The number of rotatable bonds is 6. The van der Waals surface area contributed by atoms with E-state index >= 15 is 0 Å². The van der Waals surface area contributed by atoms with Gasteiger partial charge in [0, 0.05) is 18.7 Å². The van der Waals surface area contributed by atoms with E-state index in [9.17, 15) is 27.5 Å². The number of aromatic nitrogens is 2. The van der Waals surface area contributed by atoms with Crippen molar-refractivity contribution in [1.82, 2.24) is 20.8 Å². The average Bonchev–Trinajstić information content (AvgIpc) is 3.42. The maximum absolute atomic E-state index is 13.3. The Labute approximate surface area is 195 Å². The van der Waals surface area contributed by atoms with Gasteiger partial charge in [0.1, 0.15) is 23.0 Å². The summed E-state index contributed by atoms with van der Waals surface area (Å²) in [5.41, 5.74) is 1.89. The Morgan fingerprint density at radius 3 is 2.62 bits per heavy atom. The Hall–Kier alpha value is -3.09. The van der Waals surface area contributed by atoms with Crippen LogP contribution in [-0.2, 0) is 23.9 Å². The lowest BCUT2D eigenvalue weighted by Crippen LogP contribution is -2.41. The minimum absolute atomic E-state index is 0.0701. The molecule has 0 radical (unpaired) electrons. The second-order valence-electron chi connectivity index (χ2n) is 7.75. The Kier molecular flexibility index (Phi) is 7.10. The number of nitrogens with zero attached hydrogens (tertiary/aromatic N) is 2. The molecule has 180 valence electrons. The summed E-state index contributed by atoms with van der Waals surface area (Å²) in [6.07, 6.45) is -6.60. The molecule has 12 heteroatoms. The maximum Gasteiger partial charge on any atom is 0.445 e. The lowest BCUT2D eigenvalue weighted by Gasteiger charge is -2.22. The number of hydrogen-bond acceptors (Lipinski definition) is 7. The summed E-state index contributed by atoms with van der Waals surface area (Å²) in [6.45, 7) is 0.302. The molecule has 3 atom stereocenters. The molecular formula is C22H20F4N4O3S. The number of carbonyl (C=O) groups excluding carboxylic acids is 1. The van der Waals surface area contributed by atoms with Crippen LogP contribution in [0.15, 0.2) is 48.5 Å². The Bertz CT molecular complexity index is 1140. The summed E-state index contributed by atoms with van der Waals surface area (Å²) in [5.74, 6) is -0.416. The van der Waals surface area contributed by atoms with E-state index in [1.165, 1.54) is 18.2 Å². The van der Waals surface area contributed by atoms with Crippen molar-refractivity contribution in [2.45, 2.75) is 37.4 Å². The molecule has 1 aliphatic heterocycles. The fourth-order valence-electron chi connectivity index (χ4n) is 3.60. The summed E-state index contributed by atoms with van der Waals surface area (Å²) in [5, 5.41) is 21.8. The van der Waals surface area contributed by atoms with E-state index in [2.05, 4.69) is 20.8 Å². The summed E-state index contributed by atoms with van der Waals surface area (Å²) in [4.78, 5) is 12.2. The molecule has 0 aliphatic carbocycles. The SMILES string of the molecule is O=C(NCc1cccc(F)c1)O[C@@H]1[C@@H](O)CN[C@@H]1Cc1ccc(-c2nnc(C(F)(F)F)s2)cc1. The number of alkyl carbamates (subject to hydrolysis) is 1. The van der Waals surface area contributed by atoms with E-state index < -0.39 is 35.3 Å². The van der Waals surface area contributed by atoms with Gasteiger partial charge in [0.05, 0.1) is 6.04 Å². The van der Waals surface area contributed by atoms with Crippen LogP contribution in [0, 0.1) is 5.82 Å². The predicted molar refractivity (Wildman–Crippen MR) is 115 cm³/mol. The van der Waals surface area contributed by atoms with E-state index in [1.807, 2.05) is 0 Å². The molecule has 1 aliphatic rings. The summed E-state index contributed by atoms with van der Waals surface area (Å²) in [6, 6.07) is 12.2. The Balaban J connectivity index is 1.35. The quantitative estimate of drug-likeness (QED) is 0.452. The van der Waals surface area contributed by atoms with Gasteiger partial charge in [-0.1, -0.05) is 47.7 Å². The average molecular weight is 496 g/mol. The van der Waals surface area contributed by atoms with Crippen molar-refractivity contribution in [3.63, 3.8) is 0 Å². The van der Waals surface area contributed by atoms with Crippen LogP contribution >= 0.6 is 11.3 Å². The van der Waals surface area contributed by atoms with Crippen LogP contribution in [0.3, 0.4) is 0 Å². The van der Waals surface area contributed by atoms with Crippen LogP contribution in [0.2, 0.25) is 0 Å². The summed E-state index contributed by atoms with van der Waals surface area (Å²) >= 11 is 0.465. The van der Waals surface area contributed by atoms with Gasteiger partial charge in [-0.2, -0.15) is 13.2 Å². The molecule has 3 N–H and O–H groups in total. The number of halogens is 4. The minimum atomic E-state index is -4.54. The largest absolute Gasteiger partial charge is 0.445 e. The number of aliphatic hydroxyl groups excluding tert-OH is 1. The normalized spacial score (nSPS) is 20.3. The van der Waals surface area contributed by atoms with E-state index in [4.69, 9.17) is 4.74 Å². The van der Waals surface area contributed by atoms with Crippen LogP contribution in [-0.4, -0.2) is 46.2 Å². The highest BCUT2D eigenvalue weighted by Gasteiger charge is 2.38. The Morgan fingerprint density at radius 2 is 1.94 bits per heavy atom. The molecule has 3 aromatic rings. The highest BCUT2D eigenvalue weighted by Crippen LogP contribution is 2.34. The zero-order valence-corrected chi connectivity index (χ0v) is 18.4. The number of ether oxygens (including phenoxy) is 1. The van der Waals surface area contributed by atoms with Gasteiger partial charge in [-0.25, -0.2) is 9.18 Å². The van der Waals surface area contributed by atoms with Crippen LogP contribution in [0.1, 0.15) is 16.1 Å². The lowest BCUT2D eigenvalue weighted by atomic mass is 10.0. The fourth-order valence-corrected chi connectivity index (χ4v) is 4.32. The van der Waals surface area contributed by atoms with Gasteiger partial charge in [-0.3, -0.25) is 0 Å². The molecule has 1 fully saturated rings. The standard InChI is InChI=1S/C22H20F4N4O3S/c23-15-3-1-2-13(8-15)10-28-21(32)33-18-16(27-11-17(18)31)9-12-4-6-14(7-5-12)19-29-30-20(34-19)22(24,25)26/h1-8,16-18,27,31H,9-11H2,(H,28,32)/t16-,17+,18+/m1/s1. The first-order chi connectivity index (χ1) is 16.2. The molecule has 34 heavy (non-hydrogen) atoms. The van der Waals surface area contributed by atoms with Crippen LogP contribution in [0.5, 0.6) is 0 Å². The van der Waals surface area contributed by atoms with Gasteiger partial charge < -0.3 is 20.5 Å². The fraction of sp³-hybridized carbons (Fsp3) is 0.318. The molecular weight excluding hydrogens is 476 g/mol. The molecule has 4 rings (SSSR count). The molecule has 0 saturated carbocycles. The first-order valence-corrected chi connectivity index (χ1v) is 11.1. The number of carbonyl (C=O) groups is 1. The van der Waals surface area contributed by atoms with Gasteiger partial charge in [-0.05, 0) is 29.7 Å². The molecule has 1 aromatic heterocycles. The zero-order chi connectivity index (χ0) is 24.3. The van der Waals surface area contributed by atoms with Crippen LogP contribution in [0.25, 0.3) is 10.6 Å². The zero-order valence-electron chi connectivity index (χ0n) is 17.6. The van der Waals surface area contributed by atoms with Gasteiger partial charge in [0.25, 0.3) is 0 Å². The van der Waals surface area contributed by atoms with Crippen molar-refractivity contribution < 1.29 is 32.2 Å². The smallest absolute Gasteiger partial charge is 0.442 e. The van der Waals surface area contributed by atoms with Gasteiger partial charge in [-0.15, -0.1) is 10.2 Å². The third kappa shape index (κ3) is 5.88. The molecule has 2 aromatic carbocycles. The number of β-amino-alcohol motifs (C(OH)–C–C–N with tert-alkyl or cyclic N) is 1.